The molecule has 3 aliphatic rings. The number of anilines is 1. The van der Waals surface area contributed by atoms with Gasteiger partial charge in [0.05, 0.1) is 17.1 Å². The fourth-order valence-electron chi connectivity index (χ4n) is 7.02. The largest absolute Gasteiger partial charge is 0.344 e. The molecule has 0 spiro atoms. The quantitative estimate of drug-likeness (QED) is 0.0796. The maximum Gasteiger partial charge on any atom is 0.209 e. The number of thiocarbonyl (C=S) groups is 1. The van der Waals surface area contributed by atoms with Gasteiger partial charge in [0, 0.05) is 58.3 Å². The molecule has 5 rings (SSSR count). The Morgan fingerprint density at radius 1 is 1.00 bits per heavy atom. The minimum Gasteiger partial charge on any atom is -0.344 e. The Labute approximate surface area is 283 Å². The number of rotatable bonds is 11. The summed E-state index contributed by atoms with van der Waals surface area (Å²) in [5.41, 5.74) is 9.90. The van der Waals surface area contributed by atoms with E-state index in [0.29, 0.717) is 6.54 Å². The average molecular weight is 654 g/mol. The van der Waals surface area contributed by atoms with Crippen molar-refractivity contribution in [2.45, 2.75) is 70.6 Å². The summed E-state index contributed by atoms with van der Waals surface area (Å²) in [5.74, 6) is 0.827. The molecule has 232 valence electrons. The number of hydrogen-bond acceptors (Lipinski definition) is 5. The van der Waals surface area contributed by atoms with Gasteiger partial charge < -0.3 is 4.90 Å². The van der Waals surface area contributed by atoms with Gasteiger partial charge in [-0.25, -0.2) is 4.99 Å². The summed E-state index contributed by atoms with van der Waals surface area (Å²) in [6, 6.07) is 17.4. The van der Waals surface area contributed by atoms with Crippen LogP contribution in [0.15, 0.2) is 99.7 Å². The molecule has 0 saturated carbocycles. The van der Waals surface area contributed by atoms with Crippen LogP contribution in [0.5, 0.6) is 0 Å². The average Bonchev–Trinajstić information content (AvgIpc) is 3.38. The normalized spacial score (nSPS) is 20.1. The molecule has 0 N–H and O–H groups in total. The van der Waals surface area contributed by atoms with Gasteiger partial charge in [0.25, 0.3) is 0 Å². The molecule has 4 nitrogen and oxygen atoms in total. The number of thioether (sulfide) groups is 1. The number of para-hydroxylation sites is 2. The standard InChI is InChI=1S/C38H42ClN4S2/c1-37(2)30-14-5-7-16-32(30)42(23-10-22-41-27-44)34(37)20-18-28-12-9-13-29(36(28)39)19-21-35-38(3,4)31-15-6-8-17-33(31)43(35)24-11-25-45-26-40/h5-8,14-21H,9-13,22-25H2,1-4H3/q+1. The molecule has 0 amide bonds. The highest BCUT2D eigenvalue weighted by atomic mass is 35.5. The van der Waals surface area contributed by atoms with Crippen LogP contribution < -0.4 is 4.90 Å². The maximum absolute atomic E-state index is 9.00. The Morgan fingerprint density at radius 2 is 1.76 bits per heavy atom. The second-order valence-electron chi connectivity index (χ2n) is 12.9. The lowest BCUT2D eigenvalue weighted by Crippen LogP contribution is -2.28. The summed E-state index contributed by atoms with van der Waals surface area (Å²) < 4.78 is 2.44. The van der Waals surface area contributed by atoms with Crippen LogP contribution in [-0.2, 0) is 10.8 Å². The highest BCUT2D eigenvalue weighted by Gasteiger charge is 2.44. The van der Waals surface area contributed by atoms with Crippen molar-refractivity contribution in [3.8, 4) is 5.40 Å². The van der Waals surface area contributed by atoms with E-state index >= 15 is 0 Å². The van der Waals surface area contributed by atoms with Crippen LogP contribution in [0.25, 0.3) is 0 Å². The van der Waals surface area contributed by atoms with Gasteiger partial charge in [0.2, 0.25) is 5.69 Å². The van der Waals surface area contributed by atoms with E-state index in [1.54, 1.807) is 0 Å². The summed E-state index contributed by atoms with van der Waals surface area (Å²) in [4.78, 5) is 6.58. The summed E-state index contributed by atoms with van der Waals surface area (Å²) in [6.45, 7) is 11.7. The van der Waals surface area contributed by atoms with Crippen LogP contribution in [-0.4, -0.2) is 40.8 Å². The predicted molar refractivity (Wildman–Crippen MR) is 195 cm³/mol. The molecule has 0 bridgehead atoms. The summed E-state index contributed by atoms with van der Waals surface area (Å²) >= 11 is 13.3. The molecule has 0 saturated heterocycles. The van der Waals surface area contributed by atoms with Crippen molar-refractivity contribution in [1.29, 1.82) is 5.26 Å². The van der Waals surface area contributed by atoms with Gasteiger partial charge in [-0.3, -0.25) is 0 Å². The summed E-state index contributed by atoms with van der Waals surface area (Å²) in [7, 11) is 0. The number of allylic oxidation sites excluding steroid dienone is 8. The number of halogens is 1. The van der Waals surface area contributed by atoms with E-state index in [9.17, 15) is 0 Å². The minimum absolute atomic E-state index is 0.121. The van der Waals surface area contributed by atoms with Crippen molar-refractivity contribution in [2.24, 2.45) is 4.99 Å². The Balaban J connectivity index is 1.46. The first-order valence-electron chi connectivity index (χ1n) is 15.9. The van der Waals surface area contributed by atoms with E-state index in [-0.39, 0.29) is 10.8 Å². The number of thiocyanates is 1. The first kappa shape index (κ1) is 33.2. The predicted octanol–water partition coefficient (Wildman–Crippen LogP) is 10.0. The van der Waals surface area contributed by atoms with Gasteiger partial charge >= 0.3 is 0 Å². The van der Waals surface area contributed by atoms with Gasteiger partial charge in [0.15, 0.2) is 5.71 Å². The molecule has 45 heavy (non-hydrogen) atoms. The van der Waals surface area contributed by atoms with Crippen molar-refractivity contribution < 1.29 is 4.58 Å². The van der Waals surface area contributed by atoms with E-state index in [1.807, 2.05) is 0 Å². The summed E-state index contributed by atoms with van der Waals surface area (Å²) in [5, 5.41) is 14.6. The van der Waals surface area contributed by atoms with Gasteiger partial charge in [-0.1, -0.05) is 74.0 Å². The molecule has 1 aliphatic carbocycles. The maximum atomic E-state index is 9.00. The van der Waals surface area contributed by atoms with Crippen molar-refractivity contribution in [1.82, 2.24) is 0 Å². The zero-order valence-corrected chi connectivity index (χ0v) is 29.2. The van der Waals surface area contributed by atoms with E-state index in [0.717, 1.165) is 56.0 Å². The lowest BCUT2D eigenvalue weighted by Gasteiger charge is -2.27. The molecule has 2 aromatic carbocycles. The van der Waals surface area contributed by atoms with Crippen molar-refractivity contribution in [2.75, 3.05) is 30.3 Å². The third kappa shape index (κ3) is 6.83. The Morgan fingerprint density at radius 3 is 2.53 bits per heavy atom. The van der Waals surface area contributed by atoms with Gasteiger partial charge in [-0.05, 0) is 92.4 Å². The fraction of sp³-hybridized carbons (Fsp3) is 0.395. The third-order valence-electron chi connectivity index (χ3n) is 9.35. The molecule has 2 aliphatic heterocycles. The third-order valence-corrected chi connectivity index (χ3v) is 10.6. The fourth-order valence-corrected chi connectivity index (χ4v) is 7.80. The molecule has 0 radical (unpaired) electrons. The highest BCUT2D eigenvalue weighted by molar-refractivity contribution is 8.03. The van der Waals surface area contributed by atoms with Crippen molar-refractivity contribution in [3.63, 3.8) is 0 Å². The number of nitriles is 1. The number of benzene rings is 2. The molecule has 7 heteroatoms. The van der Waals surface area contributed by atoms with E-state index in [1.165, 1.54) is 56.8 Å². The monoisotopic (exact) mass is 653 g/mol. The molecular formula is C38H42ClN4S2+. The topological polar surface area (TPSA) is 42.4 Å². The zero-order chi connectivity index (χ0) is 32.0. The molecule has 2 heterocycles. The highest BCUT2D eigenvalue weighted by Crippen LogP contribution is 2.48. The van der Waals surface area contributed by atoms with E-state index in [4.69, 9.17) is 29.1 Å². The molecule has 0 atom stereocenters. The number of aliphatic imine (C=N–C) groups is 1. The van der Waals surface area contributed by atoms with Crippen LogP contribution in [0.1, 0.15) is 70.9 Å². The number of hydrogen-bond donors (Lipinski definition) is 0. The lowest BCUT2D eigenvalue weighted by atomic mass is 9.81. The smallest absolute Gasteiger partial charge is 0.209 e. The Kier molecular flexibility index (Phi) is 10.7. The van der Waals surface area contributed by atoms with Crippen LogP contribution >= 0.6 is 35.6 Å². The Bertz CT molecular complexity index is 1700. The van der Waals surface area contributed by atoms with Crippen molar-refractivity contribution >= 4 is 57.8 Å². The molecule has 2 aromatic rings. The zero-order valence-electron chi connectivity index (χ0n) is 26.8. The lowest BCUT2D eigenvalue weighted by molar-refractivity contribution is -0.437. The van der Waals surface area contributed by atoms with Crippen LogP contribution in [0.4, 0.5) is 11.4 Å². The van der Waals surface area contributed by atoms with Gasteiger partial charge in [-0.15, -0.1) is 0 Å². The number of isothiocyanates is 1. The van der Waals surface area contributed by atoms with E-state index in [2.05, 4.69) is 126 Å². The molecule has 0 fully saturated rings. The molecule has 0 aromatic heterocycles. The van der Waals surface area contributed by atoms with Gasteiger partial charge in [0.1, 0.15) is 11.9 Å². The Hall–Kier alpha value is -3.20. The molecular weight excluding hydrogens is 612 g/mol. The minimum atomic E-state index is -0.124. The van der Waals surface area contributed by atoms with Crippen LogP contribution in [0.2, 0.25) is 0 Å². The molecule has 0 unspecified atom stereocenters. The summed E-state index contributed by atoms with van der Waals surface area (Å²) in [6.07, 6.45) is 13.9. The SMILES string of the molecule is CC1(C)C(/C=C/C2=C(Cl)C(=C/C=C3/N(CCCN=C=S)c4ccccc4C3(C)C)/CCC2)=[N+](CCCSC#N)c2ccccc21. The first-order chi connectivity index (χ1) is 21.7. The van der Waals surface area contributed by atoms with Crippen LogP contribution in [0, 0.1) is 10.7 Å². The number of nitrogens with zero attached hydrogens (tertiary/aromatic N) is 4. The number of fused-ring (bicyclic) bond motifs is 2. The van der Waals surface area contributed by atoms with Crippen LogP contribution in [0.3, 0.4) is 0 Å². The van der Waals surface area contributed by atoms with Crippen molar-refractivity contribution in [3.05, 3.63) is 106 Å². The van der Waals surface area contributed by atoms with Gasteiger partial charge in [-0.2, -0.15) is 9.84 Å². The second-order valence-corrected chi connectivity index (χ2v) is 14.3. The second kappa shape index (κ2) is 14.5. The van der Waals surface area contributed by atoms with E-state index < -0.39 is 0 Å². The first-order valence-corrected chi connectivity index (χ1v) is 17.6.